The van der Waals surface area contributed by atoms with Crippen LogP contribution in [-0.2, 0) is 4.79 Å². The number of likely N-dealkylation sites (N-methyl/N-ethyl adjacent to an activating group) is 1. The summed E-state index contributed by atoms with van der Waals surface area (Å²) < 4.78 is 0. The molecule has 1 aliphatic heterocycles. The maximum Gasteiger partial charge on any atom is 0.326 e. The van der Waals surface area contributed by atoms with E-state index in [0.717, 1.165) is 12.8 Å². The Labute approximate surface area is 121 Å². The molecule has 0 saturated carbocycles. The average Bonchev–Trinajstić information content (AvgIpc) is 2.39. The molecule has 0 aromatic rings. The molecule has 2 amide bonds. The van der Waals surface area contributed by atoms with Gasteiger partial charge in [-0.15, -0.1) is 0 Å². The third kappa shape index (κ3) is 4.37. The van der Waals surface area contributed by atoms with Crippen LogP contribution in [0.2, 0.25) is 0 Å². The van der Waals surface area contributed by atoms with Crippen LogP contribution >= 0.6 is 0 Å². The first-order valence-corrected chi connectivity index (χ1v) is 7.37. The molecule has 1 rings (SSSR count). The van der Waals surface area contributed by atoms with Crippen LogP contribution in [0.5, 0.6) is 0 Å². The first kappa shape index (κ1) is 16.8. The zero-order chi connectivity index (χ0) is 15.3. The number of piperazine rings is 1. The van der Waals surface area contributed by atoms with Gasteiger partial charge in [0, 0.05) is 25.2 Å². The van der Waals surface area contributed by atoms with Crippen LogP contribution in [0, 0.1) is 0 Å². The molecule has 0 radical (unpaired) electrons. The molecule has 0 aromatic heterocycles. The maximum atomic E-state index is 12.2. The van der Waals surface area contributed by atoms with E-state index in [1.807, 2.05) is 14.0 Å². The number of hydrogen-bond donors (Lipinski definition) is 2. The number of aliphatic carboxylic acids is 1. The van der Waals surface area contributed by atoms with E-state index in [4.69, 9.17) is 5.11 Å². The van der Waals surface area contributed by atoms with Gasteiger partial charge in [-0.2, -0.15) is 0 Å². The molecule has 1 saturated heterocycles. The molecular weight excluding hydrogens is 258 g/mol. The SMILES string of the molecule is CCCC[C@H](NC(=O)N1CC(C)N(C)C(C)C1)C(=O)O. The lowest BCUT2D eigenvalue weighted by molar-refractivity contribution is -0.139. The standard InChI is InChI=1S/C14H27N3O3/c1-5-6-7-12(13(18)19)15-14(20)17-8-10(2)16(4)11(3)9-17/h10-12H,5-9H2,1-4H3,(H,15,20)(H,18,19)/t10?,11?,12-/m0/s1. The van der Waals surface area contributed by atoms with Crippen LogP contribution in [0.4, 0.5) is 4.79 Å². The number of unbranched alkanes of at least 4 members (excludes halogenated alkanes) is 1. The second-order valence-electron chi connectivity index (χ2n) is 5.75. The van der Waals surface area contributed by atoms with Crippen molar-refractivity contribution in [1.82, 2.24) is 15.1 Å². The molecule has 6 heteroatoms. The summed E-state index contributed by atoms with van der Waals surface area (Å²) in [4.78, 5) is 27.3. The summed E-state index contributed by atoms with van der Waals surface area (Å²) in [5.41, 5.74) is 0. The summed E-state index contributed by atoms with van der Waals surface area (Å²) >= 11 is 0. The molecule has 2 unspecified atom stereocenters. The number of carbonyl (C=O) groups is 2. The number of hydrogen-bond acceptors (Lipinski definition) is 3. The van der Waals surface area contributed by atoms with Gasteiger partial charge in [-0.1, -0.05) is 19.8 Å². The van der Waals surface area contributed by atoms with Crippen LogP contribution in [0.15, 0.2) is 0 Å². The third-order valence-electron chi connectivity index (χ3n) is 4.09. The van der Waals surface area contributed by atoms with Gasteiger partial charge in [0.2, 0.25) is 0 Å². The fourth-order valence-electron chi connectivity index (χ4n) is 2.48. The average molecular weight is 285 g/mol. The van der Waals surface area contributed by atoms with E-state index in [0.29, 0.717) is 19.5 Å². The number of urea groups is 1. The summed E-state index contributed by atoms with van der Waals surface area (Å²) in [6.45, 7) is 7.41. The Balaban J connectivity index is 2.58. The normalized spacial score (nSPS) is 25.3. The van der Waals surface area contributed by atoms with E-state index in [2.05, 4.69) is 24.1 Å². The fraction of sp³-hybridized carbons (Fsp3) is 0.857. The van der Waals surface area contributed by atoms with Crippen LogP contribution in [0.3, 0.4) is 0 Å². The van der Waals surface area contributed by atoms with Crippen molar-refractivity contribution < 1.29 is 14.7 Å². The van der Waals surface area contributed by atoms with Gasteiger partial charge < -0.3 is 15.3 Å². The van der Waals surface area contributed by atoms with Crippen molar-refractivity contribution in [2.45, 2.75) is 58.2 Å². The van der Waals surface area contributed by atoms with E-state index >= 15 is 0 Å². The molecule has 1 heterocycles. The number of nitrogens with zero attached hydrogens (tertiary/aromatic N) is 2. The van der Waals surface area contributed by atoms with Crippen molar-refractivity contribution in [2.24, 2.45) is 0 Å². The lowest BCUT2D eigenvalue weighted by atomic mass is 10.1. The van der Waals surface area contributed by atoms with E-state index in [1.54, 1.807) is 4.90 Å². The van der Waals surface area contributed by atoms with Gasteiger partial charge in [-0.05, 0) is 27.3 Å². The van der Waals surface area contributed by atoms with Gasteiger partial charge in [0.25, 0.3) is 0 Å². The van der Waals surface area contributed by atoms with Gasteiger partial charge in [0.1, 0.15) is 6.04 Å². The van der Waals surface area contributed by atoms with E-state index < -0.39 is 12.0 Å². The van der Waals surface area contributed by atoms with Crippen LogP contribution in [-0.4, -0.2) is 65.2 Å². The van der Waals surface area contributed by atoms with Crippen LogP contribution in [0.1, 0.15) is 40.0 Å². The molecule has 0 aliphatic carbocycles. The Morgan fingerprint density at radius 1 is 1.30 bits per heavy atom. The van der Waals surface area contributed by atoms with Crippen molar-refractivity contribution >= 4 is 12.0 Å². The number of amides is 2. The van der Waals surface area contributed by atoms with E-state index in [1.165, 1.54) is 0 Å². The van der Waals surface area contributed by atoms with Crippen molar-refractivity contribution in [3.05, 3.63) is 0 Å². The second-order valence-corrected chi connectivity index (χ2v) is 5.75. The van der Waals surface area contributed by atoms with E-state index in [-0.39, 0.29) is 18.1 Å². The first-order chi connectivity index (χ1) is 9.36. The molecule has 1 fully saturated rings. The van der Waals surface area contributed by atoms with Crippen LogP contribution in [0.25, 0.3) is 0 Å². The Bertz CT molecular complexity index is 337. The Morgan fingerprint density at radius 2 is 1.85 bits per heavy atom. The highest BCUT2D eigenvalue weighted by Crippen LogP contribution is 2.13. The molecular formula is C14H27N3O3. The molecule has 116 valence electrons. The Kier molecular flexibility index (Phi) is 6.26. The topological polar surface area (TPSA) is 72.9 Å². The minimum absolute atomic E-state index is 0.264. The number of nitrogens with one attached hydrogen (secondary N) is 1. The van der Waals surface area contributed by atoms with Crippen molar-refractivity contribution in [3.63, 3.8) is 0 Å². The number of rotatable bonds is 5. The molecule has 0 bridgehead atoms. The Hall–Kier alpha value is -1.30. The molecule has 0 aromatic carbocycles. The zero-order valence-corrected chi connectivity index (χ0v) is 12.9. The predicted molar refractivity (Wildman–Crippen MR) is 77.7 cm³/mol. The summed E-state index contributed by atoms with van der Waals surface area (Å²) in [5.74, 6) is -0.956. The van der Waals surface area contributed by atoms with E-state index in [9.17, 15) is 9.59 Å². The van der Waals surface area contributed by atoms with Gasteiger partial charge in [0.05, 0.1) is 0 Å². The summed E-state index contributed by atoms with van der Waals surface area (Å²) in [5, 5.41) is 11.8. The zero-order valence-electron chi connectivity index (χ0n) is 12.9. The van der Waals surface area contributed by atoms with Gasteiger partial charge in [-0.3, -0.25) is 4.90 Å². The lowest BCUT2D eigenvalue weighted by Gasteiger charge is -2.42. The molecule has 1 aliphatic rings. The summed E-state index contributed by atoms with van der Waals surface area (Å²) in [7, 11) is 2.05. The summed E-state index contributed by atoms with van der Waals surface area (Å²) in [6.07, 6.45) is 2.20. The monoisotopic (exact) mass is 285 g/mol. The number of carboxylic acid groups (broad SMARTS) is 1. The predicted octanol–water partition coefficient (Wildman–Crippen LogP) is 1.36. The number of carboxylic acids is 1. The molecule has 0 spiro atoms. The molecule has 20 heavy (non-hydrogen) atoms. The van der Waals surface area contributed by atoms with Crippen molar-refractivity contribution in [1.29, 1.82) is 0 Å². The maximum absolute atomic E-state index is 12.2. The van der Waals surface area contributed by atoms with Gasteiger partial charge in [-0.25, -0.2) is 9.59 Å². The summed E-state index contributed by atoms with van der Waals surface area (Å²) in [6, 6.07) is -0.486. The molecule has 6 nitrogen and oxygen atoms in total. The number of carbonyl (C=O) groups excluding carboxylic acids is 1. The first-order valence-electron chi connectivity index (χ1n) is 7.37. The van der Waals surface area contributed by atoms with Gasteiger partial charge >= 0.3 is 12.0 Å². The van der Waals surface area contributed by atoms with Crippen molar-refractivity contribution in [3.8, 4) is 0 Å². The highest BCUT2D eigenvalue weighted by Gasteiger charge is 2.31. The fourth-order valence-corrected chi connectivity index (χ4v) is 2.48. The highest BCUT2D eigenvalue weighted by molar-refractivity contribution is 5.82. The lowest BCUT2D eigenvalue weighted by Crippen LogP contribution is -2.59. The minimum atomic E-state index is -0.956. The van der Waals surface area contributed by atoms with Crippen molar-refractivity contribution in [2.75, 3.05) is 20.1 Å². The Morgan fingerprint density at radius 3 is 2.30 bits per heavy atom. The third-order valence-corrected chi connectivity index (χ3v) is 4.09. The second kappa shape index (κ2) is 7.47. The smallest absolute Gasteiger partial charge is 0.326 e. The van der Waals surface area contributed by atoms with Crippen LogP contribution < -0.4 is 5.32 Å². The molecule has 3 atom stereocenters. The highest BCUT2D eigenvalue weighted by atomic mass is 16.4. The quantitative estimate of drug-likeness (QED) is 0.800. The van der Waals surface area contributed by atoms with Gasteiger partial charge in [0.15, 0.2) is 0 Å². The largest absolute Gasteiger partial charge is 0.480 e. The minimum Gasteiger partial charge on any atom is -0.480 e. The molecule has 2 N–H and O–H groups in total.